The van der Waals surface area contributed by atoms with Crippen LogP contribution in [-0.4, -0.2) is 19.0 Å². The highest BCUT2D eigenvalue weighted by Gasteiger charge is 2.05. The van der Waals surface area contributed by atoms with Crippen LogP contribution < -0.4 is 11.1 Å². The summed E-state index contributed by atoms with van der Waals surface area (Å²) in [4.78, 5) is 11.7. The van der Waals surface area contributed by atoms with Crippen LogP contribution in [0.3, 0.4) is 0 Å². The van der Waals surface area contributed by atoms with Gasteiger partial charge in [-0.25, -0.2) is 0 Å². The molecule has 1 aromatic carbocycles. The number of amides is 1. The maximum Gasteiger partial charge on any atom is 0.220 e. The summed E-state index contributed by atoms with van der Waals surface area (Å²) >= 11 is 0. The van der Waals surface area contributed by atoms with Gasteiger partial charge in [-0.15, -0.1) is 12.4 Å². The normalized spacial score (nSPS) is 11.8. The Morgan fingerprint density at radius 3 is 2.30 bits per heavy atom. The molecule has 0 bridgehead atoms. The van der Waals surface area contributed by atoms with Crippen molar-refractivity contribution in [3.63, 3.8) is 0 Å². The van der Waals surface area contributed by atoms with Gasteiger partial charge >= 0.3 is 0 Å². The zero-order chi connectivity index (χ0) is 14.3. The van der Waals surface area contributed by atoms with Gasteiger partial charge in [-0.3, -0.25) is 4.79 Å². The molecule has 0 spiro atoms. The van der Waals surface area contributed by atoms with E-state index in [1.807, 2.05) is 6.92 Å². The first kappa shape index (κ1) is 18.9. The number of benzene rings is 1. The average Bonchev–Trinajstić information content (AvgIpc) is 2.42. The molecule has 1 aromatic rings. The average molecular weight is 299 g/mol. The van der Waals surface area contributed by atoms with Crippen molar-refractivity contribution in [2.45, 2.75) is 39.5 Å². The molecular weight excluding hydrogens is 272 g/mol. The first-order valence-electron chi connectivity index (χ1n) is 7.08. The van der Waals surface area contributed by atoms with Crippen LogP contribution in [0.4, 0.5) is 0 Å². The molecule has 0 aliphatic carbocycles. The number of hydrogen-bond acceptors (Lipinski definition) is 2. The SMILES string of the molecule is CC(CN)CNC(=O)CCc1ccc(C(C)C)cc1.Cl. The molecule has 1 amide bonds. The van der Waals surface area contributed by atoms with Crippen molar-refractivity contribution >= 4 is 18.3 Å². The number of nitrogens with two attached hydrogens (primary N) is 1. The largest absolute Gasteiger partial charge is 0.356 e. The predicted octanol–water partition coefficient (Wildman–Crippen LogP) is 2.88. The molecule has 0 saturated carbocycles. The molecule has 0 aliphatic heterocycles. The van der Waals surface area contributed by atoms with Gasteiger partial charge < -0.3 is 11.1 Å². The maximum atomic E-state index is 11.7. The summed E-state index contributed by atoms with van der Waals surface area (Å²) in [6.07, 6.45) is 1.33. The molecular formula is C16H27ClN2O. The summed E-state index contributed by atoms with van der Waals surface area (Å²) in [6.45, 7) is 7.67. The molecule has 3 N–H and O–H groups in total. The van der Waals surface area contributed by atoms with Crippen molar-refractivity contribution in [3.8, 4) is 0 Å². The number of nitrogens with one attached hydrogen (secondary N) is 1. The fourth-order valence-corrected chi connectivity index (χ4v) is 1.79. The molecule has 0 heterocycles. The van der Waals surface area contributed by atoms with Crippen molar-refractivity contribution in [2.24, 2.45) is 11.7 Å². The van der Waals surface area contributed by atoms with Crippen molar-refractivity contribution in [1.29, 1.82) is 0 Å². The lowest BCUT2D eigenvalue weighted by atomic mass is 10.0. The van der Waals surface area contributed by atoms with Crippen molar-refractivity contribution in [3.05, 3.63) is 35.4 Å². The van der Waals surface area contributed by atoms with Gasteiger partial charge in [0.25, 0.3) is 0 Å². The van der Waals surface area contributed by atoms with Gasteiger partial charge in [0.05, 0.1) is 0 Å². The summed E-state index contributed by atoms with van der Waals surface area (Å²) in [5, 5.41) is 2.91. The van der Waals surface area contributed by atoms with Crippen LogP contribution in [-0.2, 0) is 11.2 Å². The van der Waals surface area contributed by atoms with E-state index in [-0.39, 0.29) is 18.3 Å². The summed E-state index contributed by atoms with van der Waals surface area (Å²) in [6, 6.07) is 8.53. The quantitative estimate of drug-likeness (QED) is 0.813. The summed E-state index contributed by atoms with van der Waals surface area (Å²) in [5.41, 5.74) is 8.06. The van der Waals surface area contributed by atoms with E-state index < -0.39 is 0 Å². The lowest BCUT2D eigenvalue weighted by Crippen LogP contribution is -2.31. The van der Waals surface area contributed by atoms with Crippen LogP contribution in [0.2, 0.25) is 0 Å². The highest BCUT2D eigenvalue weighted by atomic mass is 35.5. The van der Waals surface area contributed by atoms with Crippen LogP contribution in [0.15, 0.2) is 24.3 Å². The molecule has 0 radical (unpaired) electrons. The molecule has 114 valence electrons. The second-order valence-corrected chi connectivity index (χ2v) is 5.54. The highest BCUT2D eigenvalue weighted by Crippen LogP contribution is 2.15. The highest BCUT2D eigenvalue weighted by molar-refractivity contribution is 5.85. The predicted molar refractivity (Wildman–Crippen MR) is 87.3 cm³/mol. The third kappa shape index (κ3) is 6.92. The van der Waals surface area contributed by atoms with E-state index in [9.17, 15) is 4.79 Å². The Morgan fingerprint density at radius 2 is 1.80 bits per heavy atom. The third-order valence-electron chi connectivity index (χ3n) is 3.34. The lowest BCUT2D eigenvalue weighted by molar-refractivity contribution is -0.121. The molecule has 20 heavy (non-hydrogen) atoms. The zero-order valence-electron chi connectivity index (χ0n) is 12.7. The third-order valence-corrected chi connectivity index (χ3v) is 3.34. The fraction of sp³-hybridized carbons (Fsp3) is 0.562. The van der Waals surface area contributed by atoms with E-state index in [0.717, 1.165) is 6.42 Å². The molecule has 1 atom stereocenters. The Morgan fingerprint density at radius 1 is 1.20 bits per heavy atom. The minimum absolute atomic E-state index is 0. The minimum Gasteiger partial charge on any atom is -0.356 e. The van der Waals surface area contributed by atoms with E-state index in [0.29, 0.717) is 31.3 Å². The Hall–Kier alpha value is -1.06. The van der Waals surface area contributed by atoms with Crippen molar-refractivity contribution in [2.75, 3.05) is 13.1 Å². The second kappa shape index (κ2) is 9.78. The molecule has 1 unspecified atom stereocenters. The van der Waals surface area contributed by atoms with Gasteiger partial charge in [-0.1, -0.05) is 45.0 Å². The number of hydrogen-bond donors (Lipinski definition) is 2. The molecule has 0 fully saturated rings. The monoisotopic (exact) mass is 298 g/mol. The van der Waals surface area contributed by atoms with Crippen LogP contribution in [0.25, 0.3) is 0 Å². The van der Waals surface area contributed by atoms with E-state index in [2.05, 4.69) is 43.4 Å². The molecule has 3 nitrogen and oxygen atoms in total. The lowest BCUT2D eigenvalue weighted by Gasteiger charge is -2.10. The Labute approximate surface area is 128 Å². The number of rotatable bonds is 7. The molecule has 1 rings (SSSR count). The number of carbonyl (C=O) groups excluding carboxylic acids is 1. The van der Waals surface area contributed by atoms with Gasteiger partial charge in [-0.2, -0.15) is 0 Å². The number of halogens is 1. The summed E-state index contributed by atoms with van der Waals surface area (Å²) in [5.74, 6) is 0.998. The van der Waals surface area contributed by atoms with Crippen LogP contribution in [0.1, 0.15) is 44.2 Å². The Kier molecular flexibility index (Phi) is 9.26. The topological polar surface area (TPSA) is 55.1 Å². The van der Waals surface area contributed by atoms with Crippen LogP contribution in [0, 0.1) is 5.92 Å². The van der Waals surface area contributed by atoms with E-state index >= 15 is 0 Å². The van der Waals surface area contributed by atoms with Gasteiger partial charge in [0.2, 0.25) is 5.91 Å². The molecule has 0 aromatic heterocycles. The second-order valence-electron chi connectivity index (χ2n) is 5.54. The standard InChI is InChI=1S/C16H26N2O.ClH/c1-12(2)15-7-4-14(5-8-15)6-9-16(19)18-11-13(3)10-17;/h4-5,7-8,12-13H,6,9-11,17H2,1-3H3,(H,18,19);1H. The van der Waals surface area contributed by atoms with E-state index in [4.69, 9.17) is 5.73 Å². The van der Waals surface area contributed by atoms with E-state index in [1.54, 1.807) is 0 Å². The molecule has 0 saturated heterocycles. The Bertz CT molecular complexity index is 390. The van der Waals surface area contributed by atoms with Crippen LogP contribution >= 0.6 is 12.4 Å². The smallest absolute Gasteiger partial charge is 0.220 e. The van der Waals surface area contributed by atoms with Gasteiger partial charge in [0.15, 0.2) is 0 Å². The van der Waals surface area contributed by atoms with Crippen molar-refractivity contribution < 1.29 is 4.79 Å². The first-order valence-corrected chi connectivity index (χ1v) is 7.08. The van der Waals surface area contributed by atoms with Gasteiger partial charge in [0, 0.05) is 13.0 Å². The van der Waals surface area contributed by atoms with Gasteiger partial charge in [-0.05, 0) is 35.9 Å². The first-order chi connectivity index (χ1) is 9.02. The number of carbonyl (C=O) groups is 1. The van der Waals surface area contributed by atoms with Crippen molar-refractivity contribution in [1.82, 2.24) is 5.32 Å². The molecule has 4 heteroatoms. The van der Waals surface area contributed by atoms with Gasteiger partial charge in [0.1, 0.15) is 0 Å². The minimum atomic E-state index is 0. The maximum absolute atomic E-state index is 11.7. The zero-order valence-corrected chi connectivity index (χ0v) is 13.5. The summed E-state index contributed by atoms with van der Waals surface area (Å²) < 4.78 is 0. The van der Waals surface area contributed by atoms with Crippen LogP contribution in [0.5, 0.6) is 0 Å². The summed E-state index contributed by atoms with van der Waals surface area (Å²) in [7, 11) is 0. The molecule has 0 aliphatic rings. The number of aryl methyl sites for hydroxylation is 1. The van der Waals surface area contributed by atoms with E-state index in [1.165, 1.54) is 11.1 Å². The Balaban J connectivity index is 0.00000361. The fourth-order valence-electron chi connectivity index (χ4n) is 1.79.